The molecule has 2 aromatic rings. The van der Waals surface area contributed by atoms with E-state index in [-0.39, 0.29) is 18.3 Å². The third-order valence-corrected chi connectivity index (χ3v) is 4.49. The van der Waals surface area contributed by atoms with E-state index in [0.29, 0.717) is 36.0 Å². The van der Waals surface area contributed by atoms with Crippen LogP contribution in [0.3, 0.4) is 0 Å². The Morgan fingerprint density at radius 3 is 2.78 bits per heavy atom. The fraction of sp³-hybridized carbons (Fsp3) is 0.389. The Balaban J connectivity index is 2.08. The van der Waals surface area contributed by atoms with Gasteiger partial charge in [0.1, 0.15) is 10.8 Å². The van der Waals surface area contributed by atoms with E-state index < -0.39 is 5.97 Å². The summed E-state index contributed by atoms with van der Waals surface area (Å²) in [5.74, 6) is 0.158. The van der Waals surface area contributed by atoms with Crippen LogP contribution in [0.4, 0.5) is 10.5 Å². The van der Waals surface area contributed by atoms with Crippen LogP contribution in [0.25, 0.3) is 0 Å². The average molecular weight is 393 g/mol. The van der Waals surface area contributed by atoms with Crippen molar-refractivity contribution in [3.8, 4) is 5.75 Å². The maximum atomic E-state index is 12.7. The van der Waals surface area contributed by atoms with Gasteiger partial charge in [-0.25, -0.2) is 14.6 Å². The van der Waals surface area contributed by atoms with Gasteiger partial charge in [0.15, 0.2) is 5.69 Å². The van der Waals surface area contributed by atoms with Gasteiger partial charge in [-0.3, -0.25) is 0 Å². The first-order valence-electron chi connectivity index (χ1n) is 8.29. The topological polar surface area (TPSA) is 90.0 Å². The number of aromatic nitrogens is 1. The highest BCUT2D eigenvalue weighted by molar-refractivity contribution is 7.09. The highest BCUT2D eigenvalue weighted by Crippen LogP contribution is 2.18. The Labute approximate surface area is 162 Å². The first-order chi connectivity index (χ1) is 13.1. The number of hydrogen-bond acceptors (Lipinski definition) is 7. The number of esters is 1. The van der Waals surface area contributed by atoms with Gasteiger partial charge in [0.05, 0.1) is 20.8 Å². The normalized spacial score (nSPS) is 10.3. The van der Waals surface area contributed by atoms with Crippen LogP contribution < -0.4 is 10.1 Å². The summed E-state index contributed by atoms with van der Waals surface area (Å²) in [6.07, 6.45) is 0.678. The summed E-state index contributed by atoms with van der Waals surface area (Å²) in [5.41, 5.74) is 0.869. The van der Waals surface area contributed by atoms with Gasteiger partial charge in [0, 0.05) is 37.4 Å². The zero-order valence-electron chi connectivity index (χ0n) is 15.6. The molecule has 27 heavy (non-hydrogen) atoms. The number of rotatable bonds is 9. The van der Waals surface area contributed by atoms with Crippen LogP contribution in [0, 0.1) is 0 Å². The molecular weight excluding hydrogens is 370 g/mol. The molecule has 1 N–H and O–H groups in total. The van der Waals surface area contributed by atoms with Crippen molar-refractivity contribution in [1.82, 2.24) is 9.88 Å². The predicted molar refractivity (Wildman–Crippen MR) is 102 cm³/mol. The van der Waals surface area contributed by atoms with Crippen molar-refractivity contribution in [2.24, 2.45) is 0 Å². The second-order valence-corrected chi connectivity index (χ2v) is 6.49. The number of carbonyl (C=O) groups is 2. The molecule has 1 aromatic heterocycles. The molecule has 0 saturated heterocycles. The molecule has 0 atom stereocenters. The Kier molecular flexibility index (Phi) is 8.02. The molecule has 146 valence electrons. The first-order valence-corrected chi connectivity index (χ1v) is 9.17. The molecule has 8 nitrogen and oxygen atoms in total. The van der Waals surface area contributed by atoms with Crippen molar-refractivity contribution in [2.45, 2.75) is 13.0 Å². The molecule has 2 rings (SSSR count). The van der Waals surface area contributed by atoms with Gasteiger partial charge >= 0.3 is 12.0 Å². The quantitative estimate of drug-likeness (QED) is 0.520. The zero-order valence-corrected chi connectivity index (χ0v) is 16.4. The fourth-order valence-electron chi connectivity index (χ4n) is 2.30. The molecule has 9 heteroatoms. The van der Waals surface area contributed by atoms with E-state index in [1.165, 1.54) is 18.4 Å². The number of amides is 2. The largest absolute Gasteiger partial charge is 0.497 e. The molecular formula is C18H23N3O5S. The number of anilines is 1. The van der Waals surface area contributed by atoms with Crippen molar-refractivity contribution in [2.75, 3.05) is 39.8 Å². The van der Waals surface area contributed by atoms with E-state index in [1.54, 1.807) is 48.8 Å². The number of urea groups is 1. The number of carbonyl (C=O) groups excluding carboxylic acids is 2. The van der Waals surface area contributed by atoms with Crippen molar-refractivity contribution < 1.29 is 23.8 Å². The van der Waals surface area contributed by atoms with Gasteiger partial charge in [0.2, 0.25) is 0 Å². The smallest absolute Gasteiger partial charge is 0.357 e. The molecule has 2 amide bonds. The number of benzene rings is 1. The van der Waals surface area contributed by atoms with E-state index in [9.17, 15) is 9.59 Å². The first kappa shape index (κ1) is 20.7. The molecule has 0 fully saturated rings. The molecule has 0 saturated carbocycles. The molecule has 0 unspecified atom stereocenters. The summed E-state index contributed by atoms with van der Waals surface area (Å²) in [6, 6.07) is 6.86. The van der Waals surface area contributed by atoms with Gasteiger partial charge in [-0.05, 0) is 18.6 Å². The minimum Gasteiger partial charge on any atom is -0.497 e. The second kappa shape index (κ2) is 10.5. The monoisotopic (exact) mass is 393 g/mol. The lowest BCUT2D eigenvalue weighted by atomic mass is 10.3. The fourth-order valence-corrected chi connectivity index (χ4v) is 3.08. The van der Waals surface area contributed by atoms with Gasteiger partial charge < -0.3 is 24.4 Å². The summed E-state index contributed by atoms with van der Waals surface area (Å²) >= 11 is 1.31. The van der Waals surface area contributed by atoms with Gasteiger partial charge in [-0.2, -0.15) is 0 Å². The maximum absolute atomic E-state index is 12.7. The summed E-state index contributed by atoms with van der Waals surface area (Å²) in [6.45, 7) is 1.30. The van der Waals surface area contributed by atoms with E-state index in [1.807, 2.05) is 0 Å². The lowest BCUT2D eigenvalue weighted by Gasteiger charge is -2.22. The highest BCUT2D eigenvalue weighted by atomic mass is 32.1. The van der Waals surface area contributed by atoms with Gasteiger partial charge in [-0.15, -0.1) is 11.3 Å². The molecule has 0 radical (unpaired) electrons. The summed E-state index contributed by atoms with van der Waals surface area (Å²) in [7, 11) is 4.49. The van der Waals surface area contributed by atoms with E-state index in [2.05, 4.69) is 15.0 Å². The van der Waals surface area contributed by atoms with E-state index >= 15 is 0 Å². The summed E-state index contributed by atoms with van der Waals surface area (Å²) < 4.78 is 14.9. The third-order valence-electron chi connectivity index (χ3n) is 3.66. The molecule has 0 aliphatic heterocycles. The number of methoxy groups -OCH3 is 3. The summed E-state index contributed by atoms with van der Waals surface area (Å²) in [5, 5.41) is 5.12. The van der Waals surface area contributed by atoms with Crippen LogP contribution in [0.15, 0.2) is 29.6 Å². The minimum absolute atomic E-state index is 0.238. The van der Waals surface area contributed by atoms with Crippen molar-refractivity contribution in [3.05, 3.63) is 40.3 Å². The number of thiazole rings is 1. The van der Waals surface area contributed by atoms with Crippen LogP contribution in [0.5, 0.6) is 5.75 Å². The molecule has 0 spiro atoms. The summed E-state index contributed by atoms with van der Waals surface area (Å²) in [4.78, 5) is 30.1. The molecule has 1 aromatic carbocycles. The SMILES string of the molecule is COCCCN(Cc1nc(C(=O)OC)cs1)C(=O)Nc1cccc(OC)c1. The standard InChI is InChI=1S/C18H23N3O5S/c1-24-9-5-8-21(11-16-20-15(12-27-16)17(22)26-3)18(23)19-13-6-4-7-14(10-13)25-2/h4,6-7,10,12H,5,8-9,11H2,1-3H3,(H,19,23). The van der Waals surface area contributed by atoms with Crippen LogP contribution in [0.2, 0.25) is 0 Å². The number of nitrogens with one attached hydrogen (secondary N) is 1. The third kappa shape index (κ3) is 6.22. The van der Waals surface area contributed by atoms with Crippen LogP contribution >= 0.6 is 11.3 Å². The van der Waals surface area contributed by atoms with Gasteiger partial charge in [-0.1, -0.05) is 6.07 Å². The molecule has 0 aliphatic carbocycles. The predicted octanol–water partition coefficient (Wildman–Crippen LogP) is 3.01. The van der Waals surface area contributed by atoms with Crippen molar-refractivity contribution in [3.63, 3.8) is 0 Å². The van der Waals surface area contributed by atoms with Crippen LogP contribution in [-0.2, 0) is 16.0 Å². The average Bonchev–Trinajstić information content (AvgIpc) is 3.15. The minimum atomic E-state index is -0.496. The van der Waals surface area contributed by atoms with Crippen LogP contribution in [-0.4, -0.2) is 56.4 Å². The maximum Gasteiger partial charge on any atom is 0.357 e. The molecule has 0 aliphatic rings. The molecule has 0 bridgehead atoms. The highest BCUT2D eigenvalue weighted by Gasteiger charge is 2.18. The van der Waals surface area contributed by atoms with E-state index in [4.69, 9.17) is 9.47 Å². The van der Waals surface area contributed by atoms with E-state index in [0.717, 1.165) is 0 Å². The Hall–Kier alpha value is -2.65. The van der Waals surface area contributed by atoms with Gasteiger partial charge in [0.25, 0.3) is 0 Å². The Morgan fingerprint density at radius 1 is 1.26 bits per heavy atom. The number of ether oxygens (including phenoxy) is 3. The lowest BCUT2D eigenvalue weighted by Crippen LogP contribution is -2.35. The molecule has 1 heterocycles. The van der Waals surface area contributed by atoms with Crippen LogP contribution in [0.1, 0.15) is 21.9 Å². The van der Waals surface area contributed by atoms with Crippen molar-refractivity contribution in [1.29, 1.82) is 0 Å². The number of hydrogen-bond donors (Lipinski definition) is 1. The number of nitrogens with zero attached hydrogens (tertiary/aromatic N) is 2. The zero-order chi connectivity index (χ0) is 19.6. The lowest BCUT2D eigenvalue weighted by molar-refractivity contribution is 0.0594. The van der Waals surface area contributed by atoms with Crippen molar-refractivity contribution >= 4 is 29.0 Å². The Bertz CT molecular complexity index is 765. The Morgan fingerprint density at radius 2 is 2.07 bits per heavy atom. The second-order valence-electron chi connectivity index (χ2n) is 5.55.